The zero-order chi connectivity index (χ0) is 63.3. The third-order valence-corrected chi connectivity index (χ3v) is 14.0. The Morgan fingerprint density at radius 2 is 0.621 bits per heavy atom. The molecule has 87 heavy (non-hydrogen) atoms. The summed E-state index contributed by atoms with van der Waals surface area (Å²) < 4.78 is 22.9. The zero-order valence-corrected chi connectivity index (χ0v) is 55.9. The van der Waals surface area contributed by atoms with Crippen molar-refractivity contribution in [3.63, 3.8) is 0 Å². The van der Waals surface area contributed by atoms with E-state index in [9.17, 15) is 19.5 Å². The summed E-state index contributed by atoms with van der Waals surface area (Å²) in [7, 11) is 5.95. The molecule has 0 amide bonds. The number of carboxylic acid groups (broad SMARTS) is 1. The van der Waals surface area contributed by atoms with Crippen LogP contribution >= 0.6 is 0 Å². The fourth-order valence-corrected chi connectivity index (χ4v) is 8.80. The second-order valence-corrected chi connectivity index (χ2v) is 23.4. The Morgan fingerprint density at radius 3 is 0.943 bits per heavy atom. The van der Waals surface area contributed by atoms with Crippen LogP contribution in [0.2, 0.25) is 0 Å². The molecule has 0 spiro atoms. The number of likely N-dealkylation sites (N-methyl/N-ethyl adjacent to an activating group) is 1. The lowest BCUT2D eigenvalue weighted by atomic mass is 10.0. The molecule has 490 valence electrons. The van der Waals surface area contributed by atoms with Crippen LogP contribution in [0.15, 0.2) is 170 Å². The number of hydrogen-bond donors (Lipinski definition) is 1. The van der Waals surface area contributed by atoms with Crippen LogP contribution in [0.4, 0.5) is 0 Å². The largest absolute Gasteiger partial charge is 0.477 e. The van der Waals surface area contributed by atoms with Gasteiger partial charge in [0.1, 0.15) is 13.2 Å². The summed E-state index contributed by atoms with van der Waals surface area (Å²) in [5, 5.41) is 9.74. The molecular weight excluding hydrogens is 1080 g/mol. The molecule has 0 bridgehead atoms. The topological polar surface area (TPSA) is 108 Å². The molecule has 1 N–H and O–H groups in total. The normalized spacial score (nSPS) is 13.8. The van der Waals surface area contributed by atoms with E-state index in [1.54, 1.807) is 0 Å². The standard InChI is InChI=1S/C78H125NO8/c1-6-8-10-12-14-16-18-20-22-24-26-28-30-32-34-35-36-37-38-39-40-41-43-44-46-48-50-52-54-56-58-60-62-64-66-68-75(80)85-72-74(73-86-78(77(82)83)84-71-70-79(3,4)5)87-76(81)69-67-65-63-61-59-57-55-53-51-49-47-45-42-33-31-29-27-25-23-21-19-17-15-13-11-9-7-2/h8-11,14-17,20-23,26-29,32-34,36-37,42,47,49,53,55,59,61,74,78H,6-7,12-13,18-19,24-25,30-31,35,38-41,43-46,48,50-52,54,56-58,60,62-73H2,1-5H3/p+1/b10-8-,11-9-,16-14-,17-15-,22-20-,23-21-,28-26-,29-27-,34-32-,37-36-,42-33-,49-47-,55-53-,61-59-. The summed E-state index contributed by atoms with van der Waals surface area (Å²) in [5.74, 6) is -2.08. The van der Waals surface area contributed by atoms with Crippen molar-refractivity contribution < 1.29 is 42.9 Å². The number of unbranched alkanes of at least 4 members (excludes halogenated alkanes) is 18. The van der Waals surface area contributed by atoms with Gasteiger partial charge in [-0.25, -0.2) is 4.79 Å². The van der Waals surface area contributed by atoms with Crippen molar-refractivity contribution in [2.45, 2.75) is 257 Å². The summed E-state index contributed by atoms with van der Waals surface area (Å²) in [6.45, 7) is 4.58. The molecule has 9 nitrogen and oxygen atoms in total. The lowest BCUT2D eigenvalue weighted by Crippen LogP contribution is -2.40. The molecule has 0 rings (SSSR count). The van der Waals surface area contributed by atoms with E-state index in [2.05, 4.69) is 184 Å². The Hall–Kier alpha value is -5.35. The van der Waals surface area contributed by atoms with E-state index >= 15 is 0 Å². The van der Waals surface area contributed by atoms with Gasteiger partial charge >= 0.3 is 17.9 Å². The highest BCUT2D eigenvalue weighted by Gasteiger charge is 2.25. The van der Waals surface area contributed by atoms with Crippen LogP contribution in [0.3, 0.4) is 0 Å². The second kappa shape index (κ2) is 66.6. The molecule has 0 aliphatic carbocycles. The maximum atomic E-state index is 12.9. The van der Waals surface area contributed by atoms with Gasteiger partial charge in [0, 0.05) is 12.8 Å². The Balaban J connectivity index is 4.22. The molecule has 9 heteroatoms. The number of carboxylic acids is 1. The maximum Gasteiger partial charge on any atom is 0.361 e. The lowest BCUT2D eigenvalue weighted by molar-refractivity contribution is -0.870. The van der Waals surface area contributed by atoms with E-state index in [4.69, 9.17) is 18.9 Å². The third-order valence-electron chi connectivity index (χ3n) is 14.0. The molecule has 0 radical (unpaired) electrons. The molecule has 2 unspecified atom stereocenters. The highest BCUT2D eigenvalue weighted by Crippen LogP contribution is 2.16. The highest BCUT2D eigenvalue weighted by molar-refractivity contribution is 5.71. The van der Waals surface area contributed by atoms with E-state index in [0.717, 1.165) is 122 Å². The summed E-state index contributed by atoms with van der Waals surface area (Å²) in [4.78, 5) is 37.6. The number of quaternary nitrogens is 1. The summed E-state index contributed by atoms with van der Waals surface area (Å²) in [5.41, 5.74) is 0. The predicted octanol–water partition coefficient (Wildman–Crippen LogP) is 21.5. The average Bonchev–Trinajstić information content (AvgIpc) is 3.56. The van der Waals surface area contributed by atoms with Gasteiger partial charge in [0.05, 0.1) is 34.4 Å². The monoisotopic (exact) mass is 1200 g/mol. The van der Waals surface area contributed by atoms with Crippen molar-refractivity contribution in [3.05, 3.63) is 170 Å². The first kappa shape index (κ1) is 81.7. The molecule has 0 fully saturated rings. The molecule has 0 saturated carbocycles. The van der Waals surface area contributed by atoms with Crippen molar-refractivity contribution >= 4 is 17.9 Å². The Bertz CT molecular complexity index is 2030. The van der Waals surface area contributed by atoms with Crippen molar-refractivity contribution in [1.29, 1.82) is 0 Å². The number of rotatable bonds is 61. The summed E-state index contributed by atoms with van der Waals surface area (Å²) >= 11 is 0. The Kier molecular flexibility index (Phi) is 62.5. The minimum atomic E-state index is -1.53. The number of allylic oxidation sites excluding steroid dienone is 28. The van der Waals surface area contributed by atoms with Crippen molar-refractivity contribution in [2.75, 3.05) is 47.5 Å². The van der Waals surface area contributed by atoms with Crippen LogP contribution in [0.1, 0.15) is 245 Å². The van der Waals surface area contributed by atoms with E-state index in [-0.39, 0.29) is 38.6 Å². The number of nitrogens with zero attached hydrogens (tertiary/aromatic N) is 1. The molecule has 0 aromatic carbocycles. The van der Waals surface area contributed by atoms with Gasteiger partial charge in [-0.05, 0) is 128 Å². The van der Waals surface area contributed by atoms with E-state index in [1.807, 2.05) is 21.1 Å². The van der Waals surface area contributed by atoms with Crippen LogP contribution in [0.25, 0.3) is 0 Å². The Labute approximate surface area is 533 Å². The smallest absolute Gasteiger partial charge is 0.361 e. The molecule has 0 aromatic heterocycles. The predicted molar refractivity (Wildman–Crippen MR) is 373 cm³/mol. The first-order valence-electron chi connectivity index (χ1n) is 34.3. The number of aliphatic carboxylic acids is 1. The van der Waals surface area contributed by atoms with Crippen LogP contribution in [0, 0.1) is 0 Å². The number of carbonyl (C=O) groups excluding carboxylic acids is 2. The van der Waals surface area contributed by atoms with Crippen LogP contribution in [0.5, 0.6) is 0 Å². The van der Waals surface area contributed by atoms with Gasteiger partial charge < -0.3 is 28.5 Å². The van der Waals surface area contributed by atoms with E-state index < -0.39 is 24.3 Å². The fraction of sp³-hybridized carbons (Fsp3) is 0.603. The first-order valence-corrected chi connectivity index (χ1v) is 34.3. The third kappa shape index (κ3) is 68.0. The second-order valence-electron chi connectivity index (χ2n) is 23.4. The molecule has 0 aliphatic heterocycles. The van der Waals surface area contributed by atoms with Crippen molar-refractivity contribution in [1.82, 2.24) is 0 Å². The molecule has 0 aromatic rings. The molecule has 0 saturated heterocycles. The van der Waals surface area contributed by atoms with Crippen LogP contribution in [-0.2, 0) is 33.3 Å². The SMILES string of the molecule is CC/C=C\C/C=C\C/C=C\C/C=C\C/C=C\C/C=C\C/C=C\C/C=C\CCCCC(=O)OC(COC(=O)CCCCCCCCCCCCCCCCCC/C=C\C/C=C\C/C=C\C/C=C\C/C=C\C/C=C\CC)COC(OCC[N+](C)(C)C)C(=O)O. The minimum Gasteiger partial charge on any atom is -0.477 e. The summed E-state index contributed by atoms with van der Waals surface area (Å²) in [6.07, 6.45) is 97.5. The van der Waals surface area contributed by atoms with Crippen molar-refractivity contribution in [2.24, 2.45) is 0 Å². The summed E-state index contributed by atoms with van der Waals surface area (Å²) in [6, 6.07) is 0. The molecule has 0 aliphatic rings. The molecule has 0 heterocycles. The quantitative estimate of drug-likeness (QED) is 0.0211. The fourth-order valence-electron chi connectivity index (χ4n) is 8.80. The van der Waals surface area contributed by atoms with Crippen LogP contribution < -0.4 is 0 Å². The van der Waals surface area contributed by atoms with Gasteiger partial charge in [-0.3, -0.25) is 9.59 Å². The number of carbonyl (C=O) groups is 3. The van der Waals surface area contributed by atoms with Gasteiger partial charge in [-0.1, -0.05) is 274 Å². The van der Waals surface area contributed by atoms with Gasteiger partial charge in [0.25, 0.3) is 6.29 Å². The van der Waals surface area contributed by atoms with Gasteiger partial charge in [-0.2, -0.15) is 0 Å². The highest BCUT2D eigenvalue weighted by atomic mass is 16.7. The first-order chi connectivity index (χ1) is 42.6. The van der Waals surface area contributed by atoms with Gasteiger partial charge in [0.15, 0.2) is 6.10 Å². The van der Waals surface area contributed by atoms with E-state index in [0.29, 0.717) is 17.4 Å². The molecule has 2 atom stereocenters. The zero-order valence-electron chi connectivity index (χ0n) is 55.9. The van der Waals surface area contributed by atoms with E-state index in [1.165, 1.54) is 89.9 Å². The molecular formula is C78H126NO8+. The number of hydrogen-bond acceptors (Lipinski definition) is 7. The Morgan fingerprint density at radius 1 is 0.345 bits per heavy atom. The van der Waals surface area contributed by atoms with Crippen molar-refractivity contribution in [3.8, 4) is 0 Å². The van der Waals surface area contributed by atoms with Gasteiger partial charge in [-0.15, -0.1) is 0 Å². The van der Waals surface area contributed by atoms with Crippen LogP contribution in [-0.4, -0.2) is 87.4 Å². The average molecular weight is 1210 g/mol. The number of esters is 2. The number of ether oxygens (including phenoxy) is 4. The minimum absolute atomic E-state index is 0.170. The maximum absolute atomic E-state index is 12.9. The van der Waals surface area contributed by atoms with Gasteiger partial charge in [0.2, 0.25) is 0 Å². The lowest BCUT2D eigenvalue weighted by Gasteiger charge is -2.25.